The van der Waals surface area contributed by atoms with Crippen LogP contribution < -0.4 is 0 Å². The lowest BCUT2D eigenvalue weighted by atomic mass is 9.67. The van der Waals surface area contributed by atoms with E-state index in [2.05, 4.69) is 0 Å². The van der Waals surface area contributed by atoms with Gasteiger partial charge in [0.2, 0.25) is 0 Å². The van der Waals surface area contributed by atoms with Crippen molar-refractivity contribution in [1.82, 2.24) is 0 Å². The largest absolute Gasteiger partial charge is 0.299 e. The Morgan fingerprint density at radius 2 is 1.87 bits per heavy atom. The standard InChI is InChI=1S/C10H18O4S/c1-7-5-8(11)10(4,9(7,2)3)6-15(12,13)14/h7H,5-6H2,1-4H3,(H,12,13,14)/t7?,10-/m1/s1. The molecule has 2 atom stereocenters. The maximum Gasteiger partial charge on any atom is 0.265 e. The van der Waals surface area contributed by atoms with E-state index in [1.165, 1.54) is 0 Å². The lowest BCUT2D eigenvalue weighted by molar-refractivity contribution is -0.126. The maximum atomic E-state index is 11.8. The molecule has 1 N–H and O–H groups in total. The molecule has 1 fully saturated rings. The number of hydrogen-bond acceptors (Lipinski definition) is 3. The molecule has 0 aromatic carbocycles. The number of rotatable bonds is 2. The average molecular weight is 234 g/mol. The fourth-order valence-electron chi connectivity index (χ4n) is 2.29. The van der Waals surface area contributed by atoms with Crippen molar-refractivity contribution in [2.75, 3.05) is 5.75 Å². The van der Waals surface area contributed by atoms with E-state index in [4.69, 9.17) is 4.55 Å². The molecule has 0 radical (unpaired) electrons. The second-order valence-corrected chi connectivity index (χ2v) is 6.76. The Morgan fingerprint density at radius 1 is 1.40 bits per heavy atom. The molecule has 0 aromatic rings. The number of ketones is 1. The van der Waals surface area contributed by atoms with Gasteiger partial charge in [0.1, 0.15) is 5.78 Å². The van der Waals surface area contributed by atoms with E-state index < -0.39 is 26.7 Å². The molecular weight excluding hydrogens is 216 g/mol. The molecule has 1 saturated carbocycles. The van der Waals surface area contributed by atoms with Crippen LogP contribution in [0.4, 0.5) is 0 Å². The first kappa shape index (κ1) is 12.6. The molecule has 0 aromatic heterocycles. The van der Waals surface area contributed by atoms with E-state index in [0.717, 1.165) is 0 Å². The first-order chi connectivity index (χ1) is 6.51. The van der Waals surface area contributed by atoms with Gasteiger partial charge in [-0.25, -0.2) is 0 Å². The van der Waals surface area contributed by atoms with E-state index in [1.807, 2.05) is 20.8 Å². The van der Waals surface area contributed by atoms with Gasteiger partial charge in [-0.1, -0.05) is 27.7 Å². The number of hydrogen-bond donors (Lipinski definition) is 1. The van der Waals surface area contributed by atoms with Gasteiger partial charge in [0.15, 0.2) is 0 Å². The summed E-state index contributed by atoms with van der Waals surface area (Å²) in [7, 11) is -4.11. The Balaban J connectivity index is 3.16. The summed E-state index contributed by atoms with van der Waals surface area (Å²) in [6, 6.07) is 0. The first-order valence-corrected chi connectivity index (χ1v) is 6.60. The van der Waals surface area contributed by atoms with Crippen molar-refractivity contribution in [3.63, 3.8) is 0 Å². The third kappa shape index (κ3) is 1.95. The Labute approximate surface area is 90.8 Å². The molecule has 1 rings (SSSR count). The minimum atomic E-state index is -4.11. The highest BCUT2D eigenvalue weighted by Crippen LogP contribution is 2.53. The molecule has 1 aliphatic rings. The molecule has 4 nitrogen and oxygen atoms in total. The van der Waals surface area contributed by atoms with E-state index >= 15 is 0 Å². The topological polar surface area (TPSA) is 71.4 Å². The molecule has 0 heterocycles. The van der Waals surface area contributed by atoms with Crippen molar-refractivity contribution in [2.24, 2.45) is 16.7 Å². The molecule has 1 unspecified atom stereocenters. The molecule has 0 aliphatic heterocycles. The van der Waals surface area contributed by atoms with Gasteiger partial charge in [-0.15, -0.1) is 0 Å². The second-order valence-electron chi connectivity index (χ2n) is 5.31. The molecule has 1 aliphatic carbocycles. The Morgan fingerprint density at radius 3 is 2.13 bits per heavy atom. The summed E-state index contributed by atoms with van der Waals surface area (Å²) in [6.45, 7) is 7.33. The summed E-state index contributed by atoms with van der Waals surface area (Å²) >= 11 is 0. The molecule has 88 valence electrons. The summed E-state index contributed by atoms with van der Waals surface area (Å²) in [5.74, 6) is -0.412. The summed E-state index contributed by atoms with van der Waals surface area (Å²) in [5, 5.41) is 0. The number of carbonyl (C=O) groups excluding carboxylic acids is 1. The van der Waals surface area contributed by atoms with Gasteiger partial charge in [0.25, 0.3) is 10.1 Å². The van der Waals surface area contributed by atoms with Crippen molar-refractivity contribution in [1.29, 1.82) is 0 Å². The van der Waals surface area contributed by atoms with Crippen LogP contribution in [0.3, 0.4) is 0 Å². The van der Waals surface area contributed by atoms with Crippen LogP contribution in [-0.4, -0.2) is 24.5 Å². The lowest BCUT2D eigenvalue weighted by Crippen LogP contribution is -2.42. The number of Topliss-reactive ketones (excluding diaryl/α,β-unsaturated/α-hetero) is 1. The van der Waals surface area contributed by atoms with Crippen LogP contribution in [0.25, 0.3) is 0 Å². The predicted octanol–water partition coefficient (Wildman–Crippen LogP) is 1.52. The predicted molar refractivity (Wildman–Crippen MR) is 57.1 cm³/mol. The molecule has 0 spiro atoms. The zero-order valence-electron chi connectivity index (χ0n) is 9.57. The van der Waals surface area contributed by atoms with Gasteiger partial charge in [0.05, 0.1) is 5.75 Å². The summed E-state index contributed by atoms with van der Waals surface area (Å²) in [4.78, 5) is 11.8. The van der Waals surface area contributed by atoms with E-state index in [9.17, 15) is 13.2 Å². The fourth-order valence-corrected chi connectivity index (χ4v) is 3.56. The lowest BCUT2D eigenvalue weighted by Gasteiger charge is -2.38. The second kappa shape index (κ2) is 3.28. The van der Waals surface area contributed by atoms with E-state index in [1.54, 1.807) is 6.92 Å². The summed E-state index contributed by atoms with van der Waals surface area (Å²) in [5.41, 5.74) is -1.38. The summed E-state index contributed by atoms with van der Waals surface area (Å²) in [6.07, 6.45) is 0.388. The maximum absolute atomic E-state index is 11.8. The highest BCUT2D eigenvalue weighted by atomic mass is 32.2. The van der Waals surface area contributed by atoms with Crippen LogP contribution >= 0.6 is 0 Å². The van der Waals surface area contributed by atoms with Crippen LogP contribution in [0.2, 0.25) is 0 Å². The van der Waals surface area contributed by atoms with Gasteiger partial charge < -0.3 is 0 Å². The Kier molecular flexibility index (Phi) is 2.77. The van der Waals surface area contributed by atoms with Gasteiger partial charge in [-0.3, -0.25) is 9.35 Å². The van der Waals surface area contributed by atoms with Crippen molar-refractivity contribution in [3.8, 4) is 0 Å². The zero-order chi connectivity index (χ0) is 12.1. The quantitative estimate of drug-likeness (QED) is 0.735. The van der Waals surface area contributed by atoms with E-state index in [-0.39, 0.29) is 11.7 Å². The zero-order valence-corrected chi connectivity index (χ0v) is 10.4. The van der Waals surface area contributed by atoms with Crippen LogP contribution in [0.15, 0.2) is 0 Å². The fraction of sp³-hybridized carbons (Fsp3) is 0.900. The smallest absolute Gasteiger partial charge is 0.265 e. The van der Waals surface area contributed by atoms with E-state index in [0.29, 0.717) is 6.42 Å². The molecule has 5 heteroatoms. The Hall–Kier alpha value is -0.420. The van der Waals surface area contributed by atoms with Crippen molar-refractivity contribution in [3.05, 3.63) is 0 Å². The average Bonchev–Trinajstić information content (AvgIpc) is 2.10. The minimum absolute atomic E-state index is 0.0716. The van der Waals surface area contributed by atoms with Gasteiger partial charge in [-0.05, 0) is 11.3 Å². The van der Waals surface area contributed by atoms with Gasteiger partial charge in [-0.2, -0.15) is 8.42 Å². The molecule has 15 heavy (non-hydrogen) atoms. The molecule has 0 saturated heterocycles. The van der Waals surface area contributed by atoms with Crippen LogP contribution in [-0.2, 0) is 14.9 Å². The molecule has 0 bridgehead atoms. The third-order valence-corrected chi connectivity index (χ3v) is 5.17. The SMILES string of the molecule is CC1CC(=O)[C@@](C)(CS(=O)(=O)O)C1(C)C. The highest BCUT2D eigenvalue weighted by Gasteiger charge is 2.57. The summed E-state index contributed by atoms with van der Waals surface area (Å²) < 4.78 is 30.8. The third-order valence-electron chi connectivity index (χ3n) is 4.23. The minimum Gasteiger partial charge on any atom is -0.299 e. The van der Waals surface area contributed by atoms with Crippen molar-refractivity contribution in [2.45, 2.75) is 34.1 Å². The van der Waals surface area contributed by atoms with Crippen LogP contribution in [0, 0.1) is 16.7 Å². The first-order valence-electron chi connectivity index (χ1n) is 4.99. The van der Waals surface area contributed by atoms with Crippen LogP contribution in [0.5, 0.6) is 0 Å². The monoisotopic (exact) mass is 234 g/mol. The van der Waals surface area contributed by atoms with Gasteiger partial charge >= 0.3 is 0 Å². The molecular formula is C10H18O4S. The normalized spacial score (nSPS) is 35.8. The van der Waals surface area contributed by atoms with Crippen molar-refractivity contribution < 1.29 is 17.8 Å². The molecule has 0 amide bonds. The van der Waals surface area contributed by atoms with Gasteiger partial charge in [0, 0.05) is 11.8 Å². The van der Waals surface area contributed by atoms with Crippen molar-refractivity contribution >= 4 is 15.9 Å². The number of carbonyl (C=O) groups is 1. The van der Waals surface area contributed by atoms with Crippen LogP contribution in [0.1, 0.15) is 34.1 Å². The highest BCUT2D eigenvalue weighted by molar-refractivity contribution is 7.85. The Bertz CT molecular complexity index is 382.